The van der Waals surface area contributed by atoms with Crippen molar-refractivity contribution in [3.05, 3.63) is 46.4 Å². The number of halogens is 2. The third kappa shape index (κ3) is 4.83. The molecular weight excluding hydrogens is 451 g/mol. The van der Waals surface area contributed by atoms with Crippen molar-refractivity contribution in [1.82, 2.24) is 4.31 Å². The molecule has 0 radical (unpaired) electrons. The minimum atomic E-state index is -3.62. The van der Waals surface area contributed by atoms with Gasteiger partial charge >= 0.3 is 0 Å². The van der Waals surface area contributed by atoms with Gasteiger partial charge in [-0.2, -0.15) is 4.31 Å². The zero-order valence-electron chi connectivity index (χ0n) is 16.5. The van der Waals surface area contributed by atoms with Crippen molar-refractivity contribution in [3.8, 4) is 11.5 Å². The summed E-state index contributed by atoms with van der Waals surface area (Å²) in [6.07, 6.45) is 0.817. The predicted molar refractivity (Wildman–Crippen MR) is 116 cm³/mol. The molecule has 0 saturated carbocycles. The Balaban J connectivity index is 1.67. The van der Waals surface area contributed by atoms with Gasteiger partial charge in [-0.05, 0) is 37.1 Å². The molecule has 3 rings (SSSR count). The lowest BCUT2D eigenvalue weighted by atomic mass is 9.97. The lowest BCUT2D eigenvalue weighted by Crippen LogP contribution is -2.41. The van der Waals surface area contributed by atoms with Crippen molar-refractivity contribution in [2.24, 2.45) is 5.92 Å². The number of carbonyl (C=O) groups is 1. The van der Waals surface area contributed by atoms with Crippen molar-refractivity contribution in [3.63, 3.8) is 0 Å². The van der Waals surface area contributed by atoms with Gasteiger partial charge in [0.15, 0.2) is 0 Å². The van der Waals surface area contributed by atoms with Crippen molar-refractivity contribution >= 4 is 44.8 Å². The molecule has 30 heavy (non-hydrogen) atoms. The van der Waals surface area contributed by atoms with Crippen LogP contribution in [0.4, 0.5) is 5.69 Å². The molecule has 2 aromatic carbocycles. The number of methoxy groups -OCH3 is 2. The number of benzene rings is 2. The van der Waals surface area contributed by atoms with Gasteiger partial charge in [0.2, 0.25) is 15.9 Å². The first-order valence-electron chi connectivity index (χ1n) is 9.24. The van der Waals surface area contributed by atoms with Crippen LogP contribution in [-0.4, -0.2) is 45.9 Å². The summed E-state index contributed by atoms with van der Waals surface area (Å²) in [5, 5.41) is 3.68. The monoisotopic (exact) mass is 472 g/mol. The normalized spacial score (nSPS) is 15.6. The Kier molecular flexibility index (Phi) is 7.13. The third-order valence-electron chi connectivity index (χ3n) is 5.01. The molecule has 1 amide bonds. The van der Waals surface area contributed by atoms with E-state index >= 15 is 0 Å². The van der Waals surface area contributed by atoms with Crippen LogP contribution in [0.1, 0.15) is 12.8 Å². The first-order valence-corrected chi connectivity index (χ1v) is 11.4. The van der Waals surface area contributed by atoms with Crippen LogP contribution >= 0.6 is 23.2 Å². The summed E-state index contributed by atoms with van der Waals surface area (Å²) in [4.78, 5) is 12.9. The topological polar surface area (TPSA) is 84.9 Å². The van der Waals surface area contributed by atoms with E-state index in [1.807, 2.05) is 0 Å². The minimum Gasteiger partial charge on any atom is -0.495 e. The highest BCUT2D eigenvalue weighted by Crippen LogP contribution is 2.36. The lowest BCUT2D eigenvalue weighted by Gasteiger charge is -2.30. The Morgan fingerprint density at radius 1 is 1.03 bits per heavy atom. The maximum Gasteiger partial charge on any atom is 0.243 e. The SMILES string of the molecule is COc1cc(NC(=O)C2CCN(S(=O)(=O)c3ccc(Cl)cc3)CC2)c(OC)cc1Cl. The summed E-state index contributed by atoms with van der Waals surface area (Å²) in [6.45, 7) is 0.508. The van der Waals surface area contributed by atoms with Crippen molar-refractivity contribution in [2.75, 3.05) is 32.6 Å². The van der Waals surface area contributed by atoms with Crippen LogP contribution in [0.5, 0.6) is 11.5 Å². The van der Waals surface area contributed by atoms with Crippen LogP contribution in [0, 0.1) is 5.92 Å². The molecule has 162 valence electrons. The maximum atomic E-state index is 12.8. The Hall–Kier alpha value is -2.00. The molecule has 1 saturated heterocycles. The van der Waals surface area contributed by atoms with Crippen molar-refractivity contribution < 1.29 is 22.7 Å². The van der Waals surface area contributed by atoms with E-state index in [4.69, 9.17) is 32.7 Å². The zero-order chi connectivity index (χ0) is 21.9. The number of hydrogen-bond donors (Lipinski definition) is 1. The lowest BCUT2D eigenvalue weighted by molar-refractivity contribution is -0.120. The molecule has 7 nitrogen and oxygen atoms in total. The predicted octanol–water partition coefficient (Wildman–Crippen LogP) is 4.05. The standard InChI is InChI=1S/C20H22Cl2N2O5S/c1-28-18-12-17(19(29-2)11-16(18)22)23-20(25)13-7-9-24(10-8-13)30(26,27)15-5-3-14(21)4-6-15/h3-6,11-13H,7-10H2,1-2H3,(H,23,25). The molecule has 0 bridgehead atoms. The van der Waals surface area contributed by atoms with E-state index < -0.39 is 10.0 Å². The molecule has 0 aliphatic carbocycles. The van der Waals surface area contributed by atoms with Crippen LogP contribution < -0.4 is 14.8 Å². The molecule has 1 N–H and O–H groups in total. The van der Waals surface area contributed by atoms with E-state index in [2.05, 4.69) is 5.32 Å². The first-order chi connectivity index (χ1) is 14.3. The quantitative estimate of drug-likeness (QED) is 0.685. The second-order valence-electron chi connectivity index (χ2n) is 6.81. The smallest absolute Gasteiger partial charge is 0.243 e. The highest BCUT2D eigenvalue weighted by Gasteiger charge is 2.32. The highest BCUT2D eigenvalue weighted by atomic mass is 35.5. The molecule has 0 atom stereocenters. The van der Waals surface area contributed by atoms with Gasteiger partial charge in [0, 0.05) is 36.2 Å². The van der Waals surface area contributed by atoms with Gasteiger partial charge in [-0.25, -0.2) is 8.42 Å². The average molecular weight is 473 g/mol. The molecule has 10 heteroatoms. The number of nitrogens with zero attached hydrogens (tertiary/aromatic N) is 1. The average Bonchev–Trinajstić information content (AvgIpc) is 2.75. The van der Waals surface area contributed by atoms with Gasteiger partial charge in [-0.1, -0.05) is 23.2 Å². The van der Waals surface area contributed by atoms with Crippen LogP contribution in [-0.2, 0) is 14.8 Å². The Morgan fingerprint density at radius 3 is 2.20 bits per heavy atom. The fourth-order valence-corrected chi connectivity index (χ4v) is 5.13. The number of piperidine rings is 1. The second-order valence-corrected chi connectivity index (χ2v) is 9.59. The number of anilines is 1. The molecule has 0 spiro atoms. The summed E-state index contributed by atoms with van der Waals surface area (Å²) < 4.78 is 37.5. The van der Waals surface area contributed by atoms with Gasteiger partial charge < -0.3 is 14.8 Å². The molecule has 0 unspecified atom stereocenters. The van der Waals surface area contributed by atoms with Crippen molar-refractivity contribution in [2.45, 2.75) is 17.7 Å². The number of nitrogens with one attached hydrogen (secondary N) is 1. The third-order valence-corrected chi connectivity index (χ3v) is 7.47. The summed E-state index contributed by atoms with van der Waals surface area (Å²) >= 11 is 11.9. The molecule has 2 aromatic rings. The van der Waals surface area contributed by atoms with E-state index in [1.54, 1.807) is 24.3 Å². The fourth-order valence-electron chi connectivity index (χ4n) is 3.31. The number of ether oxygens (including phenoxy) is 2. The Morgan fingerprint density at radius 2 is 1.63 bits per heavy atom. The Bertz CT molecular complexity index is 1020. The highest BCUT2D eigenvalue weighted by molar-refractivity contribution is 7.89. The second kappa shape index (κ2) is 9.43. The van der Waals surface area contributed by atoms with Gasteiger partial charge in [-0.15, -0.1) is 0 Å². The number of sulfonamides is 1. The fraction of sp³-hybridized carbons (Fsp3) is 0.350. The molecule has 1 aliphatic rings. The summed E-state index contributed by atoms with van der Waals surface area (Å²) in [7, 11) is -0.657. The number of rotatable bonds is 6. The van der Waals surface area contributed by atoms with Crippen molar-refractivity contribution in [1.29, 1.82) is 0 Å². The van der Waals surface area contributed by atoms with E-state index in [0.717, 1.165) is 0 Å². The summed E-state index contributed by atoms with van der Waals surface area (Å²) in [5.74, 6) is 0.294. The van der Waals surface area contributed by atoms with Crippen LogP contribution in [0.3, 0.4) is 0 Å². The summed E-state index contributed by atoms with van der Waals surface area (Å²) in [5.41, 5.74) is 0.444. The number of hydrogen-bond acceptors (Lipinski definition) is 5. The molecular formula is C20H22Cl2N2O5S. The van der Waals surface area contributed by atoms with Crippen LogP contribution in [0.25, 0.3) is 0 Å². The van der Waals surface area contributed by atoms with Gasteiger partial charge in [0.25, 0.3) is 0 Å². The number of carbonyl (C=O) groups excluding carboxylic acids is 1. The Labute approximate surface area is 185 Å². The zero-order valence-corrected chi connectivity index (χ0v) is 18.9. The van der Waals surface area contributed by atoms with Gasteiger partial charge in [-0.3, -0.25) is 4.79 Å². The van der Waals surface area contributed by atoms with E-state index in [0.29, 0.717) is 40.1 Å². The minimum absolute atomic E-state index is 0.188. The first kappa shape index (κ1) is 22.7. The maximum absolute atomic E-state index is 12.8. The van der Waals surface area contributed by atoms with Gasteiger partial charge in [0.1, 0.15) is 11.5 Å². The summed E-state index contributed by atoms with van der Waals surface area (Å²) in [6, 6.07) is 9.22. The van der Waals surface area contributed by atoms with E-state index in [9.17, 15) is 13.2 Å². The number of amides is 1. The molecule has 1 aliphatic heterocycles. The molecule has 1 heterocycles. The molecule has 0 aromatic heterocycles. The van der Waals surface area contributed by atoms with Crippen LogP contribution in [0.15, 0.2) is 41.3 Å². The van der Waals surface area contributed by atoms with E-state index in [1.165, 1.54) is 30.7 Å². The van der Waals surface area contributed by atoms with Gasteiger partial charge in [0.05, 0.1) is 29.8 Å². The largest absolute Gasteiger partial charge is 0.495 e. The van der Waals surface area contributed by atoms with E-state index in [-0.39, 0.29) is 29.8 Å². The molecule has 1 fully saturated rings. The van der Waals surface area contributed by atoms with Crippen LogP contribution in [0.2, 0.25) is 10.0 Å².